The van der Waals surface area contributed by atoms with Crippen molar-refractivity contribution in [2.75, 3.05) is 7.11 Å². The minimum atomic E-state index is -0.218. The summed E-state index contributed by atoms with van der Waals surface area (Å²) >= 11 is 12.0. The molecule has 0 saturated carbocycles. The average Bonchev–Trinajstić information content (AvgIpc) is 2.47. The number of hydrogen-bond acceptors (Lipinski definition) is 2. The Balaban J connectivity index is 2.10. The van der Waals surface area contributed by atoms with E-state index in [4.69, 9.17) is 27.9 Å². The zero-order valence-electron chi connectivity index (χ0n) is 11.7. The van der Waals surface area contributed by atoms with Crippen LogP contribution in [-0.2, 0) is 0 Å². The van der Waals surface area contributed by atoms with Gasteiger partial charge in [-0.25, -0.2) is 0 Å². The second kappa shape index (κ2) is 6.83. The molecule has 5 heteroatoms. The largest absolute Gasteiger partial charge is 0.497 e. The lowest BCUT2D eigenvalue weighted by Crippen LogP contribution is -2.26. The quantitative estimate of drug-likeness (QED) is 0.900. The molecule has 2 aromatic carbocycles. The van der Waals surface area contributed by atoms with Gasteiger partial charge in [0, 0.05) is 15.6 Å². The second-order valence-corrected chi connectivity index (χ2v) is 5.43. The number of benzene rings is 2. The molecule has 0 aliphatic rings. The van der Waals surface area contributed by atoms with Crippen molar-refractivity contribution >= 4 is 29.1 Å². The highest BCUT2D eigenvalue weighted by Crippen LogP contribution is 2.26. The highest BCUT2D eigenvalue weighted by molar-refractivity contribution is 6.35. The van der Waals surface area contributed by atoms with Crippen LogP contribution in [0.4, 0.5) is 0 Å². The van der Waals surface area contributed by atoms with Crippen LogP contribution in [0.1, 0.15) is 28.9 Å². The molecule has 0 heterocycles. The van der Waals surface area contributed by atoms with E-state index in [1.165, 1.54) is 0 Å². The van der Waals surface area contributed by atoms with Crippen molar-refractivity contribution in [3.63, 3.8) is 0 Å². The van der Waals surface area contributed by atoms with Crippen molar-refractivity contribution in [1.82, 2.24) is 5.32 Å². The van der Waals surface area contributed by atoms with Gasteiger partial charge in [-0.2, -0.15) is 0 Å². The van der Waals surface area contributed by atoms with Gasteiger partial charge >= 0.3 is 0 Å². The molecule has 0 aliphatic carbocycles. The molecule has 21 heavy (non-hydrogen) atoms. The van der Waals surface area contributed by atoms with Crippen LogP contribution >= 0.6 is 23.2 Å². The zero-order valence-corrected chi connectivity index (χ0v) is 13.2. The van der Waals surface area contributed by atoms with Gasteiger partial charge in [-0.3, -0.25) is 4.79 Å². The third kappa shape index (κ3) is 3.90. The summed E-state index contributed by atoms with van der Waals surface area (Å²) in [6.45, 7) is 1.87. The SMILES string of the molecule is COc1ccc(C(=O)N[C@H](C)c2ccc(Cl)cc2Cl)cc1. The Morgan fingerprint density at radius 2 is 1.81 bits per heavy atom. The van der Waals surface area contributed by atoms with Crippen molar-refractivity contribution in [2.24, 2.45) is 0 Å². The summed E-state index contributed by atoms with van der Waals surface area (Å²) in [5.41, 5.74) is 1.38. The Kier molecular flexibility index (Phi) is 5.10. The first-order valence-electron chi connectivity index (χ1n) is 6.41. The number of rotatable bonds is 4. The van der Waals surface area contributed by atoms with E-state index in [0.717, 1.165) is 5.56 Å². The first-order chi connectivity index (χ1) is 10.0. The van der Waals surface area contributed by atoms with Crippen LogP contribution in [-0.4, -0.2) is 13.0 Å². The lowest BCUT2D eigenvalue weighted by Gasteiger charge is -2.16. The van der Waals surface area contributed by atoms with Gasteiger partial charge in [0.05, 0.1) is 13.2 Å². The molecular weight excluding hydrogens is 309 g/mol. The van der Waals surface area contributed by atoms with Crippen molar-refractivity contribution in [3.05, 3.63) is 63.6 Å². The number of ether oxygens (including phenoxy) is 1. The summed E-state index contributed by atoms with van der Waals surface area (Å²) in [6.07, 6.45) is 0. The van der Waals surface area contributed by atoms with Gasteiger partial charge < -0.3 is 10.1 Å². The first kappa shape index (κ1) is 15.7. The van der Waals surface area contributed by atoms with Crippen molar-refractivity contribution < 1.29 is 9.53 Å². The van der Waals surface area contributed by atoms with E-state index in [9.17, 15) is 4.79 Å². The minimum Gasteiger partial charge on any atom is -0.497 e. The molecule has 0 aliphatic heterocycles. The molecule has 0 saturated heterocycles. The number of halogens is 2. The summed E-state index contributed by atoms with van der Waals surface area (Å²) in [7, 11) is 1.58. The van der Waals surface area contributed by atoms with Gasteiger partial charge in [-0.15, -0.1) is 0 Å². The standard InChI is InChI=1S/C16H15Cl2NO2/c1-10(14-8-5-12(17)9-15(14)18)19-16(20)11-3-6-13(21-2)7-4-11/h3-10H,1-2H3,(H,19,20)/t10-/m1/s1. The third-order valence-electron chi connectivity index (χ3n) is 3.13. The normalized spacial score (nSPS) is 11.8. The van der Waals surface area contributed by atoms with Crippen LogP contribution in [0.5, 0.6) is 5.75 Å². The van der Waals surface area contributed by atoms with E-state index in [2.05, 4.69) is 5.32 Å². The summed E-state index contributed by atoms with van der Waals surface area (Å²) < 4.78 is 5.06. The van der Waals surface area contributed by atoms with Gasteiger partial charge in [-0.1, -0.05) is 29.3 Å². The van der Waals surface area contributed by atoms with Gasteiger partial charge in [0.15, 0.2) is 0 Å². The fourth-order valence-electron chi connectivity index (χ4n) is 1.95. The maximum atomic E-state index is 12.2. The predicted molar refractivity (Wildman–Crippen MR) is 85.3 cm³/mol. The van der Waals surface area contributed by atoms with Crippen molar-refractivity contribution in [1.29, 1.82) is 0 Å². The molecule has 2 rings (SSSR count). The third-order valence-corrected chi connectivity index (χ3v) is 3.69. The number of hydrogen-bond donors (Lipinski definition) is 1. The maximum absolute atomic E-state index is 12.2. The topological polar surface area (TPSA) is 38.3 Å². The van der Waals surface area contributed by atoms with Crippen LogP contribution in [0.25, 0.3) is 0 Å². The molecule has 0 spiro atoms. The minimum absolute atomic E-state index is 0.170. The van der Waals surface area contributed by atoms with Gasteiger partial charge in [-0.05, 0) is 48.9 Å². The predicted octanol–water partition coefficient (Wildman–Crippen LogP) is 4.49. The Hall–Kier alpha value is -1.71. The molecular formula is C16H15Cl2NO2. The number of carbonyl (C=O) groups is 1. The van der Waals surface area contributed by atoms with E-state index < -0.39 is 0 Å². The van der Waals surface area contributed by atoms with E-state index in [1.807, 2.05) is 13.0 Å². The maximum Gasteiger partial charge on any atom is 0.251 e. The molecule has 110 valence electrons. The Morgan fingerprint density at radius 3 is 2.38 bits per heavy atom. The fourth-order valence-corrected chi connectivity index (χ4v) is 2.52. The van der Waals surface area contributed by atoms with Crippen LogP contribution in [0.15, 0.2) is 42.5 Å². The molecule has 0 unspecified atom stereocenters. The van der Waals surface area contributed by atoms with E-state index >= 15 is 0 Å². The average molecular weight is 324 g/mol. The van der Waals surface area contributed by atoms with Crippen LogP contribution < -0.4 is 10.1 Å². The summed E-state index contributed by atoms with van der Waals surface area (Å²) in [6, 6.07) is 11.9. The Labute approximate surface area is 133 Å². The van der Waals surface area contributed by atoms with E-state index in [-0.39, 0.29) is 11.9 Å². The lowest BCUT2D eigenvalue weighted by atomic mass is 10.1. The van der Waals surface area contributed by atoms with Crippen molar-refractivity contribution in [2.45, 2.75) is 13.0 Å². The highest BCUT2D eigenvalue weighted by atomic mass is 35.5. The van der Waals surface area contributed by atoms with Crippen molar-refractivity contribution in [3.8, 4) is 5.75 Å². The molecule has 0 radical (unpaired) electrons. The number of carbonyl (C=O) groups excluding carboxylic acids is 1. The molecule has 2 aromatic rings. The first-order valence-corrected chi connectivity index (χ1v) is 7.16. The van der Waals surface area contributed by atoms with Gasteiger partial charge in [0.25, 0.3) is 5.91 Å². The van der Waals surface area contributed by atoms with E-state index in [0.29, 0.717) is 21.4 Å². The number of nitrogens with one attached hydrogen (secondary N) is 1. The smallest absolute Gasteiger partial charge is 0.251 e. The molecule has 0 fully saturated rings. The number of methoxy groups -OCH3 is 1. The molecule has 3 nitrogen and oxygen atoms in total. The summed E-state index contributed by atoms with van der Waals surface area (Å²) in [5.74, 6) is 0.538. The summed E-state index contributed by atoms with van der Waals surface area (Å²) in [5, 5.41) is 4.00. The van der Waals surface area contributed by atoms with Gasteiger partial charge in [0.2, 0.25) is 0 Å². The highest BCUT2D eigenvalue weighted by Gasteiger charge is 2.14. The van der Waals surface area contributed by atoms with Crippen LogP contribution in [0.3, 0.4) is 0 Å². The second-order valence-electron chi connectivity index (χ2n) is 4.59. The molecule has 1 amide bonds. The molecule has 1 atom stereocenters. The molecule has 0 bridgehead atoms. The lowest BCUT2D eigenvalue weighted by molar-refractivity contribution is 0.0940. The van der Waals surface area contributed by atoms with Crippen LogP contribution in [0, 0.1) is 0 Å². The molecule has 0 aromatic heterocycles. The molecule has 1 N–H and O–H groups in total. The van der Waals surface area contributed by atoms with E-state index in [1.54, 1.807) is 43.5 Å². The van der Waals surface area contributed by atoms with Crippen LogP contribution in [0.2, 0.25) is 10.0 Å². The van der Waals surface area contributed by atoms with Gasteiger partial charge in [0.1, 0.15) is 5.75 Å². The fraction of sp³-hybridized carbons (Fsp3) is 0.188. The monoisotopic (exact) mass is 323 g/mol. The summed E-state index contributed by atoms with van der Waals surface area (Å²) in [4.78, 5) is 12.2. The Bertz CT molecular complexity index is 641. The number of amides is 1. The Morgan fingerprint density at radius 1 is 1.14 bits per heavy atom. The zero-order chi connectivity index (χ0) is 15.4.